The van der Waals surface area contributed by atoms with Crippen LogP contribution in [0, 0.1) is 0 Å². The summed E-state index contributed by atoms with van der Waals surface area (Å²) < 4.78 is 1.87. The molecule has 0 unspecified atom stereocenters. The number of halogens is 2. The molecule has 2 aromatic heterocycles. The third kappa shape index (κ3) is 9.05. The van der Waals surface area contributed by atoms with E-state index in [9.17, 15) is 0 Å². The number of hydrogen-bond donors (Lipinski definition) is 1. The Morgan fingerprint density at radius 3 is 2.27 bits per heavy atom. The maximum Gasteiger partial charge on any atom is 0 e. The molecule has 7 nitrogen and oxygen atoms in total. The molecule has 0 spiro atoms. The fourth-order valence-corrected chi connectivity index (χ4v) is 1.44. The Hall–Kier alpha value is 1.42. The van der Waals surface area contributed by atoms with Crippen LogP contribution in [0.5, 0.6) is 0 Å². The van der Waals surface area contributed by atoms with Gasteiger partial charge < -0.3 is 20.5 Å². The number of nitrogens with one attached hydrogen (secondary N) is 1. The minimum absolute atomic E-state index is 0. The van der Waals surface area contributed by atoms with Crippen molar-refractivity contribution in [2.24, 2.45) is 7.05 Å². The van der Waals surface area contributed by atoms with Crippen LogP contribution in [0.3, 0.4) is 0 Å². The maximum atomic E-state index is 4.39. The number of aromatic nitrogens is 4. The molecular weight excluding hydrogens is 624 g/mol. The number of fused-ring (bicyclic) bond motifs is 1. The molecule has 1 N–H and O–H groups in total. The second-order valence-electron chi connectivity index (χ2n) is 3.75. The average molecular weight is 643 g/mol. The first kappa shape index (κ1) is 25.7. The smallest absolute Gasteiger partial charge is 0 e. The van der Waals surface area contributed by atoms with Crippen LogP contribution in [0.2, 0.25) is 0 Å². The van der Waals surface area contributed by atoms with Crippen molar-refractivity contribution in [3.63, 3.8) is 0 Å². The molecule has 0 bridgehead atoms. The van der Waals surface area contributed by atoms with E-state index < -0.39 is 0 Å². The number of imidazole rings is 1. The number of aryl methyl sites for hydroxylation is 1. The Balaban J connectivity index is 0. The molecule has 0 saturated carbocycles. The number of anilines is 1. The molecule has 0 aliphatic rings. The summed E-state index contributed by atoms with van der Waals surface area (Å²) in [5, 5.41) is 10.5. The van der Waals surface area contributed by atoms with Crippen LogP contribution >= 0.6 is 40.0 Å². The molecule has 0 fully saturated rings. The summed E-state index contributed by atoms with van der Waals surface area (Å²) in [6.45, 7) is 0.524. The van der Waals surface area contributed by atoms with E-state index in [1.807, 2.05) is 18.7 Å². The van der Waals surface area contributed by atoms with Crippen molar-refractivity contribution in [3.8, 4) is 0 Å². The molecule has 0 amide bonds. The second kappa shape index (κ2) is 15.9. The Bertz CT molecular complexity index is 524. The van der Waals surface area contributed by atoms with E-state index in [1.165, 1.54) is 0 Å². The van der Waals surface area contributed by atoms with E-state index in [1.54, 1.807) is 27.5 Å². The van der Waals surface area contributed by atoms with Gasteiger partial charge in [-0.05, 0) is 0 Å². The van der Waals surface area contributed by atoms with Gasteiger partial charge in [-0.2, -0.15) is 21.1 Å². The van der Waals surface area contributed by atoms with Crippen molar-refractivity contribution < 1.29 is 42.2 Å². The van der Waals surface area contributed by atoms with Gasteiger partial charge in [-0.3, -0.25) is 0 Å². The molecular formula is C11H19I2N7VY-2. The summed E-state index contributed by atoms with van der Waals surface area (Å²) in [5.74, 6) is 1.46. The van der Waals surface area contributed by atoms with Gasteiger partial charge in [-0.1, -0.05) is 6.54 Å². The van der Waals surface area contributed by atoms with E-state index in [4.69, 9.17) is 0 Å². The van der Waals surface area contributed by atoms with Crippen LogP contribution in [0.25, 0.3) is 21.8 Å². The predicted molar refractivity (Wildman–Crippen MR) is 102 cm³/mol. The van der Waals surface area contributed by atoms with E-state index in [2.05, 4.69) is 70.9 Å². The molecule has 0 aromatic carbocycles. The fraction of sp³-hybridized carbons (Fsp3) is 0.545. The Labute approximate surface area is 186 Å². The van der Waals surface area contributed by atoms with Crippen molar-refractivity contribution >= 4 is 56.9 Å². The van der Waals surface area contributed by atoms with Gasteiger partial charge in [-0.25, -0.2) is 15.0 Å². The van der Waals surface area contributed by atoms with Crippen LogP contribution in [0.1, 0.15) is 5.82 Å². The zero-order chi connectivity index (χ0) is 16.3. The molecule has 122 valence electrons. The zero-order valence-electron chi connectivity index (χ0n) is 13.2. The normalized spacial score (nSPS) is 8.86. The molecule has 2 aromatic rings. The van der Waals surface area contributed by atoms with Crippen LogP contribution in [-0.4, -0.2) is 47.7 Å². The summed E-state index contributed by atoms with van der Waals surface area (Å²) in [5.41, 5.74) is 1.62. The van der Waals surface area contributed by atoms with Gasteiger partial charge in [0.2, 0.25) is 0 Å². The van der Waals surface area contributed by atoms with Gasteiger partial charge in [0.1, 0.15) is 11.3 Å². The molecule has 11 heteroatoms. The van der Waals surface area contributed by atoms with E-state index >= 15 is 0 Å². The van der Waals surface area contributed by atoms with Crippen molar-refractivity contribution in [2.75, 3.05) is 33.5 Å². The van der Waals surface area contributed by atoms with Crippen LogP contribution in [-0.2, 0) is 55.8 Å². The molecule has 0 aliphatic carbocycles. The van der Waals surface area contributed by atoms with Gasteiger partial charge in [0, 0.05) is 46.8 Å². The molecule has 0 saturated heterocycles. The average Bonchev–Trinajstić information content (AvgIpc) is 2.82. The Morgan fingerprint density at radius 2 is 1.82 bits per heavy atom. The van der Waals surface area contributed by atoms with Gasteiger partial charge in [0.05, 0.1) is 6.33 Å². The van der Waals surface area contributed by atoms with Gasteiger partial charge in [-0.15, -0.1) is 0 Å². The van der Waals surface area contributed by atoms with Gasteiger partial charge >= 0.3 is 49.4 Å². The quantitative estimate of drug-likeness (QED) is 0.521. The van der Waals surface area contributed by atoms with Crippen molar-refractivity contribution in [1.29, 1.82) is 0 Å². The second-order valence-corrected chi connectivity index (χ2v) is 15.5. The van der Waals surface area contributed by atoms with Crippen LogP contribution in [0.4, 0.5) is 5.82 Å². The van der Waals surface area contributed by atoms with Crippen LogP contribution < -0.4 is 5.32 Å². The van der Waals surface area contributed by atoms with E-state index in [0.717, 1.165) is 17.0 Å². The van der Waals surface area contributed by atoms with Crippen molar-refractivity contribution in [3.05, 3.63) is 22.8 Å². The van der Waals surface area contributed by atoms with E-state index in [-0.39, 0.29) is 32.7 Å². The summed E-state index contributed by atoms with van der Waals surface area (Å²) in [6, 6.07) is 0. The van der Waals surface area contributed by atoms with Crippen molar-refractivity contribution in [2.45, 2.75) is 6.54 Å². The predicted octanol–water partition coefficient (Wildman–Crippen LogP) is 3.29. The van der Waals surface area contributed by atoms with Crippen LogP contribution in [0.15, 0.2) is 6.33 Å². The summed E-state index contributed by atoms with van der Waals surface area (Å²) in [6.07, 6.45) is 1.73. The monoisotopic (exact) mass is 643 g/mol. The van der Waals surface area contributed by atoms with Gasteiger partial charge in [0.25, 0.3) is 0 Å². The zero-order valence-corrected chi connectivity index (χ0v) is 21.8. The largest absolute Gasteiger partial charge is 0 e. The summed E-state index contributed by atoms with van der Waals surface area (Å²) in [7, 11) is 9.61. The first-order chi connectivity index (χ1) is 10.1. The Kier molecular flexibility index (Phi) is 18.6. The third-order valence-corrected chi connectivity index (χ3v) is 2.14. The molecule has 2 heterocycles. The fourth-order valence-electron chi connectivity index (χ4n) is 1.44. The molecule has 1 radical (unpaired) electrons. The summed E-state index contributed by atoms with van der Waals surface area (Å²) in [4.78, 5) is 13.0. The minimum Gasteiger partial charge on any atom is 0 e. The standard InChI is InChI=1S/C9H13N6.C2H6N.2HI.V.Y/c1-10-4-6-13-8(11-2)7-9(14-6)15(3)5-12-7;1-3-2;;;;/h5H,4H2,1-3H3,(H,11,13,14);1-2H3;2*1H;;/q2*-1;;;+2;/p-2. The SMILES string of the molecule is C[N-]C.C[N-]Cc1nc(NC)c2ncn(C)c2n1.[I][V][I].[Y]. The minimum atomic E-state index is 0. The molecule has 0 atom stereocenters. The molecule has 0 aliphatic heterocycles. The summed E-state index contributed by atoms with van der Waals surface area (Å²) >= 11 is 4.74. The van der Waals surface area contributed by atoms with E-state index in [0.29, 0.717) is 21.8 Å². The maximum absolute atomic E-state index is 4.39. The molecule has 22 heavy (non-hydrogen) atoms. The first-order valence-electron chi connectivity index (χ1n) is 5.90. The van der Waals surface area contributed by atoms with Crippen molar-refractivity contribution in [1.82, 2.24) is 19.5 Å². The topological polar surface area (TPSA) is 83.8 Å². The Morgan fingerprint density at radius 1 is 1.27 bits per heavy atom. The number of rotatable bonds is 3. The number of nitrogens with zero attached hydrogens (tertiary/aromatic N) is 6. The third-order valence-electron chi connectivity index (χ3n) is 2.14. The molecule has 2 rings (SSSR count). The first-order valence-corrected chi connectivity index (χ1v) is 14.9. The van der Waals surface area contributed by atoms with Gasteiger partial charge in [0.15, 0.2) is 11.5 Å². The number of hydrogen-bond acceptors (Lipinski definition) is 4.